The van der Waals surface area contributed by atoms with E-state index in [1.807, 2.05) is 26.0 Å². The summed E-state index contributed by atoms with van der Waals surface area (Å²) in [7, 11) is 0. The molecule has 15 heavy (non-hydrogen) atoms. The molecule has 0 spiro atoms. The molecule has 1 N–H and O–H groups in total. The molecule has 3 heteroatoms. The summed E-state index contributed by atoms with van der Waals surface area (Å²) in [4.78, 5) is 11.3. The van der Waals surface area contributed by atoms with Crippen LogP contribution in [0.4, 0.5) is 0 Å². The van der Waals surface area contributed by atoms with E-state index in [4.69, 9.17) is 4.74 Å². The van der Waals surface area contributed by atoms with Crippen molar-refractivity contribution in [2.24, 2.45) is 0 Å². The second-order valence-corrected chi connectivity index (χ2v) is 3.51. The number of aliphatic hydroxyl groups excluding tert-OH is 1. The van der Waals surface area contributed by atoms with E-state index in [0.717, 1.165) is 11.1 Å². The molecule has 0 radical (unpaired) electrons. The lowest BCUT2D eigenvalue weighted by Crippen LogP contribution is -2.16. The van der Waals surface area contributed by atoms with Gasteiger partial charge in [0.15, 0.2) is 6.10 Å². The molecule has 0 aliphatic carbocycles. The van der Waals surface area contributed by atoms with Crippen LogP contribution in [0.15, 0.2) is 18.2 Å². The molecule has 1 unspecified atom stereocenters. The average molecular weight is 208 g/mol. The number of rotatable bonds is 3. The minimum Gasteiger partial charge on any atom is -0.464 e. The van der Waals surface area contributed by atoms with Crippen molar-refractivity contribution >= 4 is 5.97 Å². The lowest BCUT2D eigenvalue weighted by molar-refractivity contribution is -0.153. The largest absolute Gasteiger partial charge is 0.464 e. The van der Waals surface area contributed by atoms with Gasteiger partial charge in [0.1, 0.15) is 0 Å². The van der Waals surface area contributed by atoms with Gasteiger partial charge in [0.05, 0.1) is 6.61 Å². The van der Waals surface area contributed by atoms with Crippen LogP contribution < -0.4 is 0 Å². The maximum atomic E-state index is 11.3. The van der Waals surface area contributed by atoms with Crippen molar-refractivity contribution in [3.63, 3.8) is 0 Å². The maximum absolute atomic E-state index is 11.3. The highest BCUT2D eigenvalue weighted by molar-refractivity contribution is 5.76. The maximum Gasteiger partial charge on any atom is 0.339 e. The molecule has 0 heterocycles. The third-order valence-electron chi connectivity index (χ3n) is 2.23. The molecule has 0 saturated heterocycles. The van der Waals surface area contributed by atoms with Gasteiger partial charge in [-0.1, -0.05) is 23.8 Å². The Morgan fingerprint density at radius 3 is 2.67 bits per heavy atom. The van der Waals surface area contributed by atoms with E-state index < -0.39 is 12.1 Å². The predicted octanol–water partition coefficient (Wildman–Crippen LogP) is 1.90. The first-order valence-corrected chi connectivity index (χ1v) is 4.98. The van der Waals surface area contributed by atoms with Crippen LogP contribution in [-0.4, -0.2) is 17.7 Å². The Bertz CT molecular complexity index is 358. The third kappa shape index (κ3) is 2.80. The van der Waals surface area contributed by atoms with Gasteiger partial charge in [0.25, 0.3) is 0 Å². The molecule has 0 amide bonds. The second kappa shape index (κ2) is 4.94. The molecule has 0 fully saturated rings. The van der Waals surface area contributed by atoms with Crippen molar-refractivity contribution in [1.29, 1.82) is 0 Å². The van der Waals surface area contributed by atoms with Gasteiger partial charge >= 0.3 is 5.97 Å². The standard InChI is InChI=1S/C12H16O3/c1-4-15-12(14)11(13)10-6-5-8(2)7-9(10)3/h5-7,11,13H,4H2,1-3H3. The number of benzene rings is 1. The predicted molar refractivity (Wildman–Crippen MR) is 57.5 cm³/mol. The normalized spacial score (nSPS) is 12.3. The molecule has 0 bridgehead atoms. The zero-order chi connectivity index (χ0) is 11.4. The van der Waals surface area contributed by atoms with Gasteiger partial charge in [-0.2, -0.15) is 0 Å². The van der Waals surface area contributed by atoms with Crippen molar-refractivity contribution in [2.75, 3.05) is 6.61 Å². The van der Waals surface area contributed by atoms with Gasteiger partial charge in [0.2, 0.25) is 0 Å². The van der Waals surface area contributed by atoms with E-state index >= 15 is 0 Å². The number of carbonyl (C=O) groups is 1. The van der Waals surface area contributed by atoms with Gasteiger partial charge in [-0.3, -0.25) is 0 Å². The van der Waals surface area contributed by atoms with E-state index in [2.05, 4.69) is 0 Å². The summed E-state index contributed by atoms with van der Waals surface area (Å²) >= 11 is 0. The molecule has 1 atom stereocenters. The van der Waals surface area contributed by atoms with E-state index in [-0.39, 0.29) is 6.61 Å². The summed E-state index contributed by atoms with van der Waals surface area (Å²) in [5.74, 6) is -0.593. The molecule has 1 aromatic rings. The Morgan fingerprint density at radius 2 is 2.13 bits per heavy atom. The van der Waals surface area contributed by atoms with Crippen LogP contribution in [-0.2, 0) is 9.53 Å². The summed E-state index contributed by atoms with van der Waals surface area (Å²) in [5, 5.41) is 9.72. The van der Waals surface area contributed by atoms with Gasteiger partial charge in [-0.15, -0.1) is 0 Å². The van der Waals surface area contributed by atoms with Gasteiger partial charge < -0.3 is 9.84 Å². The molecular weight excluding hydrogens is 192 g/mol. The smallest absolute Gasteiger partial charge is 0.339 e. The van der Waals surface area contributed by atoms with Crippen molar-refractivity contribution in [3.05, 3.63) is 34.9 Å². The van der Waals surface area contributed by atoms with Gasteiger partial charge in [-0.05, 0) is 31.9 Å². The fourth-order valence-electron chi connectivity index (χ4n) is 1.48. The first-order chi connectivity index (χ1) is 7.06. The molecular formula is C12H16O3. The Hall–Kier alpha value is -1.35. The second-order valence-electron chi connectivity index (χ2n) is 3.51. The van der Waals surface area contributed by atoms with Crippen LogP contribution in [0, 0.1) is 13.8 Å². The Kier molecular flexibility index (Phi) is 3.86. The Balaban J connectivity index is 2.91. The lowest BCUT2D eigenvalue weighted by Gasteiger charge is -2.12. The van der Waals surface area contributed by atoms with Crippen LogP contribution in [0.2, 0.25) is 0 Å². The lowest BCUT2D eigenvalue weighted by atomic mass is 10.0. The highest BCUT2D eigenvalue weighted by Crippen LogP contribution is 2.19. The molecule has 1 aromatic carbocycles. The number of hydrogen-bond donors (Lipinski definition) is 1. The highest BCUT2D eigenvalue weighted by Gasteiger charge is 2.19. The fraction of sp³-hybridized carbons (Fsp3) is 0.417. The van der Waals surface area contributed by atoms with Crippen molar-refractivity contribution in [1.82, 2.24) is 0 Å². The van der Waals surface area contributed by atoms with Crippen LogP contribution >= 0.6 is 0 Å². The highest BCUT2D eigenvalue weighted by atomic mass is 16.5. The topological polar surface area (TPSA) is 46.5 Å². The fourth-order valence-corrected chi connectivity index (χ4v) is 1.48. The number of esters is 1. The minimum atomic E-state index is -1.18. The summed E-state index contributed by atoms with van der Waals surface area (Å²) in [6, 6.07) is 5.55. The third-order valence-corrected chi connectivity index (χ3v) is 2.23. The summed E-state index contributed by atoms with van der Waals surface area (Å²) in [6.45, 7) is 5.83. The number of carbonyl (C=O) groups excluding carboxylic acids is 1. The van der Waals surface area contributed by atoms with Crippen LogP contribution in [0.25, 0.3) is 0 Å². The molecule has 0 aliphatic heterocycles. The van der Waals surface area contributed by atoms with Crippen LogP contribution in [0.5, 0.6) is 0 Å². The van der Waals surface area contributed by atoms with Crippen molar-refractivity contribution < 1.29 is 14.6 Å². The van der Waals surface area contributed by atoms with Gasteiger partial charge in [0, 0.05) is 0 Å². The zero-order valence-corrected chi connectivity index (χ0v) is 9.28. The molecule has 0 aromatic heterocycles. The monoisotopic (exact) mass is 208 g/mol. The van der Waals surface area contributed by atoms with Gasteiger partial charge in [-0.25, -0.2) is 4.79 Å². The number of ether oxygens (including phenoxy) is 1. The Labute approximate surface area is 89.7 Å². The minimum absolute atomic E-state index is 0.279. The Morgan fingerprint density at radius 1 is 1.47 bits per heavy atom. The van der Waals surface area contributed by atoms with E-state index in [0.29, 0.717) is 5.56 Å². The van der Waals surface area contributed by atoms with Crippen molar-refractivity contribution in [2.45, 2.75) is 26.9 Å². The van der Waals surface area contributed by atoms with Crippen LogP contribution in [0.1, 0.15) is 29.7 Å². The molecule has 1 rings (SSSR count). The quantitative estimate of drug-likeness (QED) is 0.772. The van der Waals surface area contributed by atoms with E-state index in [1.165, 1.54) is 0 Å². The SMILES string of the molecule is CCOC(=O)C(O)c1ccc(C)cc1C. The van der Waals surface area contributed by atoms with Crippen LogP contribution in [0.3, 0.4) is 0 Å². The van der Waals surface area contributed by atoms with E-state index in [1.54, 1.807) is 13.0 Å². The molecule has 82 valence electrons. The summed E-state index contributed by atoms with van der Waals surface area (Å²) in [6.07, 6.45) is -1.18. The summed E-state index contributed by atoms with van der Waals surface area (Å²) in [5.41, 5.74) is 2.61. The molecule has 0 saturated carbocycles. The van der Waals surface area contributed by atoms with Crippen molar-refractivity contribution in [3.8, 4) is 0 Å². The number of hydrogen-bond acceptors (Lipinski definition) is 3. The number of aryl methyl sites for hydroxylation is 2. The first kappa shape index (κ1) is 11.7. The molecule has 0 aliphatic rings. The number of aliphatic hydroxyl groups is 1. The first-order valence-electron chi connectivity index (χ1n) is 4.98. The van der Waals surface area contributed by atoms with E-state index in [9.17, 15) is 9.90 Å². The average Bonchev–Trinajstić information content (AvgIpc) is 2.17. The zero-order valence-electron chi connectivity index (χ0n) is 9.28. The molecule has 3 nitrogen and oxygen atoms in total. The summed E-state index contributed by atoms with van der Waals surface area (Å²) < 4.78 is 4.75.